The Bertz CT molecular complexity index is 865. The number of carbonyl (C=O) groups excluding carboxylic acids is 1. The number of ether oxygens (including phenoxy) is 5. The normalized spacial score (nSPS) is 13.3. The summed E-state index contributed by atoms with van der Waals surface area (Å²) in [5.41, 5.74) is 1.61. The van der Waals surface area contributed by atoms with Crippen molar-refractivity contribution >= 4 is 11.5 Å². The van der Waals surface area contributed by atoms with E-state index in [0.29, 0.717) is 25.6 Å². The zero-order chi connectivity index (χ0) is 22.9. The second kappa shape index (κ2) is 11.4. The van der Waals surface area contributed by atoms with Crippen molar-refractivity contribution < 1.29 is 28.5 Å². The maximum absolute atomic E-state index is 12.4. The Labute approximate surface area is 184 Å². The number of carbonyl (C=O) groups is 1. The second-order valence-corrected chi connectivity index (χ2v) is 7.01. The molecule has 0 fully saturated rings. The van der Waals surface area contributed by atoms with E-state index in [9.17, 15) is 4.79 Å². The van der Waals surface area contributed by atoms with Crippen LogP contribution in [0.15, 0.2) is 48.5 Å². The van der Waals surface area contributed by atoms with Crippen molar-refractivity contribution in [2.24, 2.45) is 0 Å². The first-order valence-corrected chi connectivity index (χ1v) is 10.3. The minimum Gasteiger partial charge on any atom is -0.497 e. The molecule has 0 aromatic heterocycles. The van der Waals surface area contributed by atoms with Crippen LogP contribution >= 0.6 is 0 Å². The summed E-state index contributed by atoms with van der Waals surface area (Å²) in [6, 6.07) is 13.0. The molecule has 31 heavy (non-hydrogen) atoms. The summed E-state index contributed by atoms with van der Waals surface area (Å²) in [6.45, 7) is 8.44. The van der Waals surface area contributed by atoms with Gasteiger partial charge in [-0.25, -0.2) is 4.79 Å². The van der Waals surface area contributed by atoms with Crippen molar-refractivity contribution in [3.8, 4) is 17.2 Å². The Morgan fingerprint density at radius 2 is 1.55 bits per heavy atom. The van der Waals surface area contributed by atoms with Crippen LogP contribution in [0, 0.1) is 0 Å². The molecular weight excluding hydrogens is 396 g/mol. The van der Waals surface area contributed by atoms with E-state index >= 15 is 0 Å². The van der Waals surface area contributed by atoms with Gasteiger partial charge in [0.2, 0.25) is 0 Å². The van der Waals surface area contributed by atoms with E-state index in [2.05, 4.69) is 0 Å². The number of rotatable bonds is 11. The largest absolute Gasteiger partial charge is 0.497 e. The second-order valence-electron chi connectivity index (χ2n) is 7.01. The fourth-order valence-corrected chi connectivity index (χ4v) is 3.10. The molecule has 0 aliphatic rings. The monoisotopic (exact) mass is 428 g/mol. The lowest BCUT2D eigenvalue weighted by molar-refractivity contribution is -0.171. The minimum atomic E-state index is -1.15. The van der Waals surface area contributed by atoms with Gasteiger partial charge in [-0.15, -0.1) is 0 Å². The van der Waals surface area contributed by atoms with E-state index in [-0.39, 0.29) is 0 Å². The van der Waals surface area contributed by atoms with Gasteiger partial charge >= 0.3 is 5.97 Å². The van der Waals surface area contributed by atoms with Crippen molar-refractivity contribution in [3.63, 3.8) is 0 Å². The van der Waals surface area contributed by atoms with Crippen molar-refractivity contribution in [2.75, 3.05) is 34.0 Å². The molecule has 0 bridgehead atoms. The molecular formula is C25H32O6. The third-order valence-corrected chi connectivity index (χ3v) is 4.95. The zero-order valence-corrected chi connectivity index (χ0v) is 19.2. The number of benzene rings is 2. The Morgan fingerprint density at radius 3 is 2.06 bits per heavy atom. The molecule has 6 heteroatoms. The van der Waals surface area contributed by atoms with Gasteiger partial charge in [-0.2, -0.15) is 0 Å². The Hall–Kier alpha value is -2.99. The van der Waals surface area contributed by atoms with Gasteiger partial charge in [-0.1, -0.05) is 12.1 Å². The highest BCUT2D eigenvalue weighted by atomic mass is 16.6. The van der Waals surface area contributed by atoms with Crippen LogP contribution in [0.4, 0.5) is 0 Å². The molecule has 0 amide bonds. The molecule has 6 nitrogen and oxygen atoms in total. The summed E-state index contributed by atoms with van der Waals surface area (Å²) in [6.07, 6.45) is 1.99. The molecule has 0 heterocycles. The molecule has 168 valence electrons. The van der Waals surface area contributed by atoms with Crippen LogP contribution in [-0.4, -0.2) is 40.0 Å². The number of esters is 1. The van der Waals surface area contributed by atoms with Crippen LogP contribution in [0.25, 0.3) is 5.57 Å². The van der Waals surface area contributed by atoms with Crippen LogP contribution < -0.4 is 14.2 Å². The van der Waals surface area contributed by atoms with E-state index in [1.165, 1.54) is 0 Å². The lowest BCUT2D eigenvalue weighted by Crippen LogP contribution is -2.37. The van der Waals surface area contributed by atoms with E-state index in [1.807, 2.05) is 62.4 Å². The van der Waals surface area contributed by atoms with E-state index in [0.717, 1.165) is 28.2 Å². The minimum absolute atomic E-state index is 0.299. The van der Waals surface area contributed by atoms with E-state index in [4.69, 9.17) is 23.7 Å². The third kappa shape index (κ3) is 6.25. The lowest BCUT2D eigenvalue weighted by atomic mass is 9.95. The molecule has 0 aliphatic carbocycles. The van der Waals surface area contributed by atoms with Crippen LogP contribution in [-0.2, 0) is 19.9 Å². The van der Waals surface area contributed by atoms with Crippen LogP contribution in [0.1, 0.15) is 38.8 Å². The van der Waals surface area contributed by atoms with Gasteiger partial charge in [-0.3, -0.25) is 0 Å². The summed E-state index contributed by atoms with van der Waals surface area (Å²) in [7, 11) is 3.26. The van der Waals surface area contributed by atoms with Crippen LogP contribution in [0.2, 0.25) is 0 Å². The number of methoxy groups -OCH3 is 2. The van der Waals surface area contributed by atoms with Gasteiger partial charge in [0.05, 0.1) is 20.8 Å². The predicted octanol–water partition coefficient (Wildman–Crippen LogP) is 5.00. The van der Waals surface area contributed by atoms with Gasteiger partial charge in [0, 0.05) is 12.7 Å². The molecule has 0 saturated heterocycles. The number of allylic oxidation sites excluding steroid dienone is 1. The summed E-state index contributed by atoms with van der Waals surface area (Å²) in [4.78, 5) is 12.4. The topological polar surface area (TPSA) is 63.2 Å². The highest BCUT2D eigenvalue weighted by Crippen LogP contribution is 2.29. The predicted molar refractivity (Wildman–Crippen MR) is 121 cm³/mol. The Kier molecular flexibility index (Phi) is 8.94. The van der Waals surface area contributed by atoms with Crippen molar-refractivity contribution in [1.82, 2.24) is 0 Å². The molecule has 2 aromatic carbocycles. The average molecular weight is 429 g/mol. The van der Waals surface area contributed by atoms with Gasteiger partial charge < -0.3 is 23.7 Å². The third-order valence-electron chi connectivity index (χ3n) is 4.95. The first-order chi connectivity index (χ1) is 14.9. The first kappa shape index (κ1) is 24.3. The Balaban J connectivity index is 2.09. The maximum Gasteiger partial charge on any atom is 0.342 e. The van der Waals surface area contributed by atoms with Gasteiger partial charge in [0.25, 0.3) is 0 Å². The van der Waals surface area contributed by atoms with E-state index in [1.54, 1.807) is 28.1 Å². The molecule has 0 saturated carbocycles. The van der Waals surface area contributed by atoms with Crippen molar-refractivity contribution in [2.45, 2.75) is 33.3 Å². The van der Waals surface area contributed by atoms with E-state index < -0.39 is 11.6 Å². The summed E-state index contributed by atoms with van der Waals surface area (Å²) in [5, 5.41) is 0. The molecule has 2 aromatic rings. The summed E-state index contributed by atoms with van der Waals surface area (Å²) >= 11 is 0. The maximum atomic E-state index is 12.4. The Morgan fingerprint density at radius 1 is 0.935 bits per heavy atom. The number of hydrogen-bond donors (Lipinski definition) is 0. The fourth-order valence-electron chi connectivity index (χ4n) is 3.10. The summed E-state index contributed by atoms with van der Waals surface area (Å²) in [5.74, 6) is 1.76. The molecule has 0 aliphatic heterocycles. The first-order valence-electron chi connectivity index (χ1n) is 10.3. The van der Waals surface area contributed by atoms with Crippen molar-refractivity contribution in [1.29, 1.82) is 0 Å². The average Bonchev–Trinajstić information content (AvgIpc) is 2.79. The SMILES string of the molecule is CCOC(=O)C(C)(OCC)c1ccc(OC/C=C(/C)c2cc(OC)cc(OC)c2)cc1. The molecule has 0 radical (unpaired) electrons. The van der Waals surface area contributed by atoms with Gasteiger partial charge in [0.1, 0.15) is 23.9 Å². The van der Waals surface area contributed by atoms with Crippen molar-refractivity contribution in [3.05, 3.63) is 59.7 Å². The number of hydrogen-bond acceptors (Lipinski definition) is 6. The standard InChI is InChI=1S/C25H32O6/c1-7-29-24(26)25(4,31-8-2)20-9-11-21(12-10-20)30-14-13-18(3)19-15-22(27-5)17-23(16-19)28-6/h9-13,15-17H,7-8,14H2,1-6H3/b18-13-. The molecule has 2 rings (SSSR count). The molecule has 1 unspecified atom stereocenters. The highest BCUT2D eigenvalue weighted by molar-refractivity contribution is 5.81. The zero-order valence-electron chi connectivity index (χ0n) is 19.2. The van der Waals surface area contributed by atoms with Gasteiger partial charge in [-0.05, 0) is 74.7 Å². The molecule has 0 spiro atoms. The van der Waals surface area contributed by atoms with Crippen LogP contribution in [0.3, 0.4) is 0 Å². The lowest BCUT2D eigenvalue weighted by Gasteiger charge is -2.27. The quantitative estimate of drug-likeness (QED) is 0.469. The molecule has 1 atom stereocenters. The van der Waals surface area contributed by atoms with Gasteiger partial charge in [0.15, 0.2) is 5.60 Å². The fraction of sp³-hybridized carbons (Fsp3) is 0.400. The smallest absolute Gasteiger partial charge is 0.342 e. The highest BCUT2D eigenvalue weighted by Gasteiger charge is 2.37. The molecule has 0 N–H and O–H groups in total. The van der Waals surface area contributed by atoms with Crippen LogP contribution in [0.5, 0.6) is 17.2 Å². The summed E-state index contributed by atoms with van der Waals surface area (Å²) < 4.78 is 27.4.